The van der Waals surface area contributed by atoms with Crippen LogP contribution < -0.4 is 4.74 Å². The first-order valence-corrected chi connectivity index (χ1v) is 5.95. The first kappa shape index (κ1) is 12.5. The molecule has 0 saturated carbocycles. The highest BCUT2D eigenvalue weighted by Crippen LogP contribution is 2.19. The molecule has 0 saturated heterocycles. The third-order valence-corrected chi connectivity index (χ3v) is 2.90. The second kappa shape index (κ2) is 5.56. The van der Waals surface area contributed by atoms with E-state index in [2.05, 4.69) is 11.1 Å². The van der Waals surface area contributed by atoms with Crippen molar-refractivity contribution in [1.82, 2.24) is 9.55 Å². The molecule has 2 rings (SSSR count). The molecule has 0 amide bonds. The van der Waals surface area contributed by atoms with Crippen molar-refractivity contribution in [2.24, 2.45) is 0 Å². The fourth-order valence-corrected chi connectivity index (χ4v) is 1.98. The van der Waals surface area contributed by atoms with Crippen LogP contribution in [-0.2, 0) is 12.4 Å². The Morgan fingerprint density at radius 3 is 3.00 bits per heavy atom. The summed E-state index contributed by atoms with van der Waals surface area (Å²) in [5.74, 6) is 1.77. The van der Waals surface area contributed by atoms with Gasteiger partial charge in [0.15, 0.2) is 0 Å². The first-order chi connectivity index (χ1) is 8.78. The standard InChI is InChI=1S/C13H12ClN3O/c1-18-12-3-2-10(6-11(12)8-15)9-17-5-4-16-13(17)7-14/h2-6H,7,9H2,1H3. The Hall–Kier alpha value is -1.99. The summed E-state index contributed by atoms with van der Waals surface area (Å²) in [7, 11) is 1.55. The highest BCUT2D eigenvalue weighted by atomic mass is 35.5. The van der Waals surface area contributed by atoms with Gasteiger partial charge in [-0.1, -0.05) is 6.07 Å². The van der Waals surface area contributed by atoms with Gasteiger partial charge in [-0.3, -0.25) is 0 Å². The maximum absolute atomic E-state index is 9.03. The van der Waals surface area contributed by atoms with Gasteiger partial charge in [0.1, 0.15) is 17.6 Å². The van der Waals surface area contributed by atoms with Gasteiger partial charge in [-0.25, -0.2) is 4.98 Å². The van der Waals surface area contributed by atoms with Crippen LogP contribution in [0.4, 0.5) is 0 Å². The normalized spacial score (nSPS) is 10.1. The fraction of sp³-hybridized carbons (Fsp3) is 0.231. The van der Waals surface area contributed by atoms with Crippen molar-refractivity contribution in [3.8, 4) is 11.8 Å². The van der Waals surface area contributed by atoms with Crippen molar-refractivity contribution in [2.75, 3.05) is 7.11 Å². The summed E-state index contributed by atoms with van der Waals surface area (Å²) in [6.45, 7) is 0.640. The third-order valence-electron chi connectivity index (χ3n) is 2.66. The van der Waals surface area contributed by atoms with Crippen LogP contribution in [0.3, 0.4) is 0 Å². The molecular formula is C13H12ClN3O. The Morgan fingerprint density at radius 2 is 2.33 bits per heavy atom. The van der Waals surface area contributed by atoms with Crippen LogP contribution in [0.5, 0.6) is 5.75 Å². The molecule has 4 nitrogen and oxygen atoms in total. The maximum atomic E-state index is 9.03. The molecule has 0 aliphatic heterocycles. The summed E-state index contributed by atoms with van der Waals surface area (Å²) in [4.78, 5) is 4.15. The molecule has 1 heterocycles. The molecule has 2 aromatic rings. The number of nitriles is 1. The zero-order valence-corrected chi connectivity index (χ0v) is 10.7. The molecular weight excluding hydrogens is 250 g/mol. The summed E-state index contributed by atoms with van der Waals surface area (Å²) in [6.07, 6.45) is 3.58. The quantitative estimate of drug-likeness (QED) is 0.795. The number of rotatable bonds is 4. The van der Waals surface area contributed by atoms with Gasteiger partial charge in [0.2, 0.25) is 0 Å². The maximum Gasteiger partial charge on any atom is 0.136 e. The van der Waals surface area contributed by atoms with E-state index in [9.17, 15) is 0 Å². The topological polar surface area (TPSA) is 50.8 Å². The minimum Gasteiger partial charge on any atom is -0.495 e. The largest absolute Gasteiger partial charge is 0.495 e. The lowest BCUT2D eigenvalue weighted by Crippen LogP contribution is -2.03. The monoisotopic (exact) mass is 261 g/mol. The molecule has 0 aliphatic rings. The lowest BCUT2D eigenvalue weighted by Gasteiger charge is -2.08. The molecule has 0 bridgehead atoms. The Kier molecular flexibility index (Phi) is 3.85. The molecule has 0 spiro atoms. The summed E-state index contributed by atoms with van der Waals surface area (Å²) in [6, 6.07) is 7.66. The molecule has 5 heteroatoms. The Labute approximate surface area is 110 Å². The van der Waals surface area contributed by atoms with Crippen LogP contribution >= 0.6 is 11.6 Å². The van der Waals surface area contributed by atoms with Crippen molar-refractivity contribution in [2.45, 2.75) is 12.4 Å². The summed E-state index contributed by atoms with van der Waals surface area (Å²) in [5, 5.41) is 9.03. The molecule has 0 fully saturated rings. The van der Waals surface area contributed by atoms with Crippen molar-refractivity contribution in [3.63, 3.8) is 0 Å². The first-order valence-electron chi connectivity index (χ1n) is 5.41. The number of nitrogens with zero attached hydrogens (tertiary/aromatic N) is 3. The Balaban J connectivity index is 2.28. The molecule has 18 heavy (non-hydrogen) atoms. The van der Waals surface area contributed by atoms with Crippen LogP contribution in [-0.4, -0.2) is 16.7 Å². The van der Waals surface area contributed by atoms with E-state index in [0.29, 0.717) is 23.7 Å². The smallest absolute Gasteiger partial charge is 0.136 e. The predicted octanol–water partition coefficient (Wildman–Crippen LogP) is 2.55. The highest BCUT2D eigenvalue weighted by Gasteiger charge is 2.06. The minimum absolute atomic E-state index is 0.369. The van der Waals surface area contributed by atoms with E-state index in [4.69, 9.17) is 21.6 Å². The van der Waals surface area contributed by atoms with Crippen molar-refractivity contribution >= 4 is 11.6 Å². The number of ether oxygens (including phenoxy) is 1. The van der Waals surface area contributed by atoms with E-state index in [1.54, 1.807) is 19.4 Å². The van der Waals surface area contributed by atoms with Crippen molar-refractivity contribution in [1.29, 1.82) is 5.26 Å². The van der Waals surface area contributed by atoms with E-state index in [-0.39, 0.29) is 0 Å². The number of hydrogen-bond donors (Lipinski definition) is 0. The SMILES string of the molecule is COc1ccc(Cn2ccnc2CCl)cc1C#N. The van der Waals surface area contributed by atoms with E-state index < -0.39 is 0 Å². The fourth-order valence-electron chi connectivity index (χ4n) is 1.75. The second-order valence-corrected chi connectivity index (χ2v) is 4.02. The molecule has 0 N–H and O–H groups in total. The molecule has 1 aromatic carbocycles. The van der Waals surface area contributed by atoms with E-state index in [0.717, 1.165) is 11.4 Å². The number of halogens is 1. The van der Waals surface area contributed by atoms with Gasteiger partial charge in [0, 0.05) is 18.9 Å². The van der Waals surface area contributed by atoms with Gasteiger partial charge in [0.05, 0.1) is 18.6 Å². The second-order valence-electron chi connectivity index (χ2n) is 3.75. The van der Waals surface area contributed by atoms with Crippen molar-refractivity contribution in [3.05, 3.63) is 47.5 Å². The van der Waals surface area contributed by atoms with Gasteiger partial charge in [0.25, 0.3) is 0 Å². The lowest BCUT2D eigenvalue weighted by atomic mass is 10.1. The predicted molar refractivity (Wildman–Crippen MR) is 68.6 cm³/mol. The van der Waals surface area contributed by atoms with Crippen LogP contribution in [0.2, 0.25) is 0 Å². The molecule has 0 unspecified atom stereocenters. The molecule has 92 valence electrons. The Morgan fingerprint density at radius 1 is 1.50 bits per heavy atom. The van der Waals surface area contributed by atoms with Gasteiger partial charge in [-0.15, -0.1) is 11.6 Å². The summed E-state index contributed by atoms with van der Waals surface area (Å²) >= 11 is 5.79. The molecule has 0 radical (unpaired) electrons. The third kappa shape index (κ3) is 2.47. The summed E-state index contributed by atoms with van der Waals surface area (Å²) in [5.41, 5.74) is 1.54. The Bertz CT molecular complexity index is 586. The molecule has 0 atom stereocenters. The van der Waals surface area contributed by atoms with Gasteiger partial charge < -0.3 is 9.30 Å². The highest BCUT2D eigenvalue weighted by molar-refractivity contribution is 6.16. The number of hydrogen-bond acceptors (Lipinski definition) is 3. The van der Waals surface area contributed by atoms with Gasteiger partial charge in [-0.2, -0.15) is 5.26 Å². The van der Waals surface area contributed by atoms with Crippen LogP contribution in [0.25, 0.3) is 0 Å². The lowest BCUT2D eigenvalue weighted by molar-refractivity contribution is 0.413. The van der Waals surface area contributed by atoms with E-state index in [1.165, 1.54) is 0 Å². The molecule has 1 aromatic heterocycles. The number of aromatic nitrogens is 2. The summed E-state index contributed by atoms with van der Waals surface area (Å²) < 4.78 is 7.06. The van der Waals surface area contributed by atoms with Crippen LogP contribution in [0.1, 0.15) is 17.0 Å². The number of alkyl halides is 1. The zero-order valence-electron chi connectivity index (χ0n) is 9.93. The van der Waals surface area contributed by atoms with Gasteiger partial charge in [-0.05, 0) is 17.7 Å². The number of benzene rings is 1. The zero-order chi connectivity index (χ0) is 13.0. The number of methoxy groups -OCH3 is 1. The number of imidazole rings is 1. The van der Waals surface area contributed by atoms with Crippen LogP contribution in [0.15, 0.2) is 30.6 Å². The van der Waals surface area contributed by atoms with E-state index in [1.807, 2.05) is 22.9 Å². The average molecular weight is 262 g/mol. The molecule has 0 aliphatic carbocycles. The van der Waals surface area contributed by atoms with Crippen molar-refractivity contribution < 1.29 is 4.74 Å². The minimum atomic E-state index is 0.369. The average Bonchev–Trinajstić information content (AvgIpc) is 2.85. The van der Waals surface area contributed by atoms with E-state index >= 15 is 0 Å². The van der Waals surface area contributed by atoms with Crippen LogP contribution in [0, 0.1) is 11.3 Å². The van der Waals surface area contributed by atoms with Gasteiger partial charge >= 0.3 is 0 Å².